The molecule has 0 saturated carbocycles. The van der Waals surface area contributed by atoms with Crippen molar-refractivity contribution in [2.24, 2.45) is 0 Å². The highest BCUT2D eigenvalue weighted by molar-refractivity contribution is 6.22. The van der Waals surface area contributed by atoms with Crippen LogP contribution in [-0.2, 0) is 9.59 Å². The summed E-state index contributed by atoms with van der Waals surface area (Å²) in [6.07, 6.45) is 0. The van der Waals surface area contributed by atoms with Gasteiger partial charge in [-0.05, 0) is 43.3 Å². The van der Waals surface area contributed by atoms with Gasteiger partial charge in [-0.15, -0.1) is 0 Å². The third kappa shape index (κ3) is 5.59. The Hall–Kier alpha value is -3.88. The zero-order valence-corrected chi connectivity index (χ0v) is 17.1. The smallest absolute Gasteiger partial charge is 0.262 e. The maximum absolute atomic E-state index is 12.2. The van der Waals surface area contributed by atoms with E-state index in [1.54, 1.807) is 48.5 Å². The second-order valence-electron chi connectivity index (χ2n) is 6.64. The molecule has 1 aliphatic rings. The Morgan fingerprint density at radius 3 is 1.87 bits per heavy atom. The number of carbonyl (C=O) groups excluding carboxylic acids is 4. The fraction of sp³-hybridized carbons (Fsp3) is 0.273. The molecule has 0 aliphatic carbocycles. The molecule has 0 fully saturated rings. The maximum atomic E-state index is 12.2. The highest BCUT2D eigenvalue weighted by Crippen LogP contribution is 2.21. The lowest BCUT2D eigenvalue weighted by atomic mass is 10.1. The molecule has 0 atom stereocenters. The number of nitrogens with zero attached hydrogens (tertiary/aromatic N) is 1. The van der Waals surface area contributed by atoms with Crippen molar-refractivity contribution in [1.29, 1.82) is 0 Å². The SMILES string of the molecule is CCOc1ccc(OCC(=O)NCCNC(=O)CN2C(=O)c3ccccc3C2=O)cc1. The summed E-state index contributed by atoms with van der Waals surface area (Å²) in [7, 11) is 0. The highest BCUT2D eigenvalue weighted by atomic mass is 16.5. The van der Waals surface area contributed by atoms with Gasteiger partial charge in [-0.3, -0.25) is 24.1 Å². The number of rotatable bonds is 10. The van der Waals surface area contributed by atoms with Crippen LogP contribution in [0.3, 0.4) is 0 Å². The van der Waals surface area contributed by atoms with Gasteiger partial charge in [0.2, 0.25) is 5.91 Å². The minimum Gasteiger partial charge on any atom is -0.494 e. The second-order valence-corrected chi connectivity index (χ2v) is 6.64. The molecule has 4 amide bonds. The Balaban J connectivity index is 1.33. The van der Waals surface area contributed by atoms with Crippen LogP contribution in [0.15, 0.2) is 48.5 Å². The molecular weight excluding hydrogens is 402 g/mol. The predicted octanol–water partition coefficient (Wildman–Crippen LogP) is 0.993. The molecule has 0 radical (unpaired) electrons. The lowest BCUT2D eigenvalue weighted by molar-refractivity contribution is -0.124. The molecule has 162 valence electrons. The van der Waals surface area contributed by atoms with Crippen LogP contribution >= 0.6 is 0 Å². The average Bonchev–Trinajstić information content (AvgIpc) is 3.01. The molecule has 2 aromatic rings. The molecule has 0 saturated heterocycles. The van der Waals surface area contributed by atoms with Gasteiger partial charge in [0.25, 0.3) is 17.7 Å². The Morgan fingerprint density at radius 1 is 0.806 bits per heavy atom. The molecule has 31 heavy (non-hydrogen) atoms. The Morgan fingerprint density at radius 2 is 1.32 bits per heavy atom. The fourth-order valence-electron chi connectivity index (χ4n) is 2.98. The van der Waals surface area contributed by atoms with Crippen molar-refractivity contribution in [1.82, 2.24) is 15.5 Å². The minimum absolute atomic E-state index is 0.150. The number of benzene rings is 2. The highest BCUT2D eigenvalue weighted by Gasteiger charge is 2.36. The Bertz CT molecular complexity index is 938. The van der Waals surface area contributed by atoms with E-state index in [0.717, 1.165) is 10.6 Å². The largest absolute Gasteiger partial charge is 0.494 e. The van der Waals surface area contributed by atoms with E-state index in [1.807, 2.05) is 6.92 Å². The number of amides is 4. The first-order valence-electron chi connectivity index (χ1n) is 9.84. The molecule has 3 rings (SSSR count). The van der Waals surface area contributed by atoms with Gasteiger partial charge in [0.1, 0.15) is 18.0 Å². The summed E-state index contributed by atoms with van der Waals surface area (Å²) < 4.78 is 10.7. The van der Waals surface area contributed by atoms with Crippen LogP contribution in [0.5, 0.6) is 11.5 Å². The van der Waals surface area contributed by atoms with Crippen LogP contribution in [0, 0.1) is 0 Å². The van der Waals surface area contributed by atoms with Gasteiger partial charge >= 0.3 is 0 Å². The molecule has 1 heterocycles. The van der Waals surface area contributed by atoms with E-state index in [1.165, 1.54) is 0 Å². The van der Waals surface area contributed by atoms with Gasteiger partial charge in [0.05, 0.1) is 17.7 Å². The second kappa shape index (κ2) is 10.2. The van der Waals surface area contributed by atoms with Crippen LogP contribution in [0.25, 0.3) is 0 Å². The van der Waals surface area contributed by atoms with Crippen LogP contribution in [0.2, 0.25) is 0 Å². The van der Waals surface area contributed by atoms with Crippen LogP contribution in [0.4, 0.5) is 0 Å². The molecule has 0 bridgehead atoms. The summed E-state index contributed by atoms with van der Waals surface area (Å²) in [4.78, 5) is 49.3. The Labute approximate surface area is 179 Å². The van der Waals surface area contributed by atoms with Crippen molar-refractivity contribution in [2.45, 2.75) is 6.92 Å². The van der Waals surface area contributed by atoms with Gasteiger partial charge in [0.15, 0.2) is 6.61 Å². The quantitative estimate of drug-likeness (QED) is 0.434. The van der Waals surface area contributed by atoms with Crippen LogP contribution in [0.1, 0.15) is 27.6 Å². The topological polar surface area (TPSA) is 114 Å². The number of hydrogen-bond acceptors (Lipinski definition) is 6. The number of nitrogens with one attached hydrogen (secondary N) is 2. The first-order chi connectivity index (χ1) is 15.0. The number of hydrogen-bond donors (Lipinski definition) is 2. The summed E-state index contributed by atoms with van der Waals surface area (Å²) in [6, 6.07) is 13.3. The van der Waals surface area contributed by atoms with E-state index < -0.39 is 17.7 Å². The third-order valence-electron chi connectivity index (χ3n) is 4.45. The first-order valence-corrected chi connectivity index (χ1v) is 9.84. The molecule has 9 nitrogen and oxygen atoms in total. The van der Waals surface area contributed by atoms with Crippen molar-refractivity contribution in [3.63, 3.8) is 0 Å². The van der Waals surface area contributed by atoms with E-state index in [2.05, 4.69) is 10.6 Å². The zero-order valence-electron chi connectivity index (χ0n) is 17.1. The number of carbonyl (C=O) groups is 4. The molecule has 0 aromatic heterocycles. The summed E-state index contributed by atoms with van der Waals surface area (Å²) in [5.41, 5.74) is 0.584. The number of ether oxygens (including phenoxy) is 2. The zero-order chi connectivity index (χ0) is 22.2. The summed E-state index contributed by atoms with van der Waals surface area (Å²) >= 11 is 0. The van der Waals surface area contributed by atoms with Gasteiger partial charge in [-0.2, -0.15) is 0 Å². The summed E-state index contributed by atoms with van der Waals surface area (Å²) in [5.74, 6) is -0.562. The lowest BCUT2D eigenvalue weighted by Gasteiger charge is -2.14. The predicted molar refractivity (Wildman–Crippen MR) is 111 cm³/mol. The molecule has 1 aliphatic heterocycles. The number of imide groups is 1. The van der Waals surface area contributed by atoms with Gasteiger partial charge in [-0.25, -0.2) is 0 Å². The van der Waals surface area contributed by atoms with Crippen molar-refractivity contribution in [3.05, 3.63) is 59.7 Å². The Kier molecular flexibility index (Phi) is 7.21. The maximum Gasteiger partial charge on any atom is 0.262 e. The van der Waals surface area contributed by atoms with Crippen molar-refractivity contribution >= 4 is 23.6 Å². The minimum atomic E-state index is -0.491. The third-order valence-corrected chi connectivity index (χ3v) is 4.45. The van der Waals surface area contributed by atoms with Crippen LogP contribution < -0.4 is 20.1 Å². The van der Waals surface area contributed by atoms with Crippen molar-refractivity contribution in [2.75, 3.05) is 32.8 Å². The van der Waals surface area contributed by atoms with Gasteiger partial charge in [0, 0.05) is 13.1 Å². The van der Waals surface area contributed by atoms with Crippen LogP contribution in [-0.4, -0.2) is 61.4 Å². The molecule has 0 spiro atoms. The molecule has 2 N–H and O–H groups in total. The molecule has 9 heteroatoms. The van der Waals surface area contributed by atoms with E-state index >= 15 is 0 Å². The summed E-state index contributed by atoms with van der Waals surface area (Å²) in [6.45, 7) is 2.24. The van der Waals surface area contributed by atoms with Gasteiger partial charge in [-0.1, -0.05) is 12.1 Å². The summed E-state index contributed by atoms with van der Waals surface area (Å²) in [5, 5.41) is 5.18. The normalized spacial score (nSPS) is 12.4. The first kappa shape index (κ1) is 21.8. The number of fused-ring (bicyclic) bond motifs is 1. The fourth-order valence-corrected chi connectivity index (χ4v) is 2.98. The van der Waals surface area contributed by atoms with E-state index in [9.17, 15) is 19.2 Å². The monoisotopic (exact) mass is 425 g/mol. The van der Waals surface area contributed by atoms with Gasteiger partial charge < -0.3 is 20.1 Å². The average molecular weight is 425 g/mol. The standard InChI is InChI=1S/C22H23N3O6/c1-2-30-15-7-9-16(10-8-15)31-14-20(27)24-12-11-23-19(26)13-25-21(28)17-5-3-4-6-18(17)22(25)29/h3-10H,2,11-14H2,1H3,(H,23,26)(H,24,27). The van der Waals surface area contributed by atoms with E-state index in [0.29, 0.717) is 23.5 Å². The molecule has 2 aromatic carbocycles. The van der Waals surface area contributed by atoms with E-state index in [-0.39, 0.29) is 32.1 Å². The molecule has 0 unspecified atom stereocenters. The lowest BCUT2D eigenvalue weighted by Crippen LogP contribution is -2.43. The van der Waals surface area contributed by atoms with Crippen molar-refractivity contribution < 1.29 is 28.7 Å². The van der Waals surface area contributed by atoms with Crippen molar-refractivity contribution in [3.8, 4) is 11.5 Å². The van der Waals surface area contributed by atoms with E-state index in [4.69, 9.17) is 9.47 Å². The molecular formula is C22H23N3O6.